The van der Waals surface area contributed by atoms with Crippen LogP contribution in [0.4, 0.5) is 16.2 Å². The molecule has 1 fully saturated rings. The molecule has 0 unspecified atom stereocenters. The molecular weight excluding hydrogens is 424 g/mol. The molecule has 4 rings (SSSR count). The number of nitrogens with zero attached hydrogens (tertiary/aromatic N) is 2. The molecule has 9 nitrogen and oxygen atoms in total. The summed E-state index contributed by atoms with van der Waals surface area (Å²) < 4.78 is 0. The minimum atomic E-state index is -1.49. The van der Waals surface area contributed by atoms with Gasteiger partial charge in [-0.1, -0.05) is 66.7 Å². The fraction of sp³-hybridized carbons (Fsp3) is 0.125. The Bertz CT molecular complexity index is 1200. The van der Waals surface area contributed by atoms with E-state index in [0.717, 1.165) is 4.90 Å². The number of anilines is 1. The number of rotatable bonds is 6. The van der Waals surface area contributed by atoms with E-state index in [1.807, 2.05) is 0 Å². The molecule has 0 bridgehead atoms. The van der Waals surface area contributed by atoms with Crippen LogP contribution in [0.5, 0.6) is 0 Å². The number of nitro benzene ring substituents is 1. The van der Waals surface area contributed by atoms with Crippen LogP contribution in [0.15, 0.2) is 78.9 Å². The molecule has 166 valence electrons. The highest BCUT2D eigenvalue weighted by Gasteiger charge is 2.54. The van der Waals surface area contributed by atoms with Gasteiger partial charge >= 0.3 is 6.03 Å². The molecule has 1 saturated heterocycles. The van der Waals surface area contributed by atoms with E-state index in [1.165, 1.54) is 12.1 Å². The Morgan fingerprint density at radius 2 is 1.58 bits per heavy atom. The zero-order valence-electron chi connectivity index (χ0n) is 17.6. The van der Waals surface area contributed by atoms with Crippen molar-refractivity contribution >= 4 is 29.2 Å². The second-order valence-electron chi connectivity index (χ2n) is 7.63. The summed E-state index contributed by atoms with van der Waals surface area (Å²) in [7, 11) is 0. The van der Waals surface area contributed by atoms with Crippen LogP contribution in [0, 0.1) is 17.0 Å². The molecule has 9 heteroatoms. The van der Waals surface area contributed by atoms with Gasteiger partial charge in [0.15, 0.2) is 5.54 Å². The highest BCUT2D eigenvalue weighted by molar-refractivity contribution is 6.12. The van der Waals surface area contributed by atoms with Crippen molar-refractivity contribution in [3.05, 3.63) is 106 Å². The topological polar surface area (TPSA) is 122 Å². The number of hydrogen-bond donors (Lipinski definition) is 2. The van der Waals surface area contributed by atoms with Gasteiger partial charge in [-0.05, 0) is 29.7 Å². The number of urea groups is 1. The summed E-state index contributed by atoms with van der Waals surface area (Å²) in [6.07, 6.45) is 0. The lowest BCUT2D eigenvalue weighted by Gasteiger charge is -2.27. The van der Waals surface area contributed by atoms with Gasteiger partial charge in [0.2, 0.25) is 5.91 Å². The third-order valence-corrected chi connectivity index (χ3v) is 5.44. The van der Waals surface area contributed by atoms with Gasteiger partial charge in [0.25, 0.3) is 11.6 Å². The Balaban J connectivity index is 1.64. The molecule has 0 radical (unpaired) electrons. The van der Waals surface area contributed by atoms with Gasteiger partial charge in [-0.25, -0.2) is 4.79 Å². The molecular formula is C24H20N4O5. The highest BCUT2D eigenvalue weighted by atomic mass is 16.6. The summed E-state index contributed by atoms with van der Waals surface area (Å²) >= 11 is 0. The van der Waals surface area contributed by atoms with Gasteiger partial charge in [0, 0.05) is 6.07 Å². The molecule has 0 aliphatic carbocycles. The standard InChI is InChI=1S/C24H20N4O5/c1-16-12-13-19(20(14-16)28(32)33)25-21(29)15-27-22(30)24(26-23(27)31,17-8-4-2-5-9-17)18-10-6-3-7-11-18/h2-14H,15H2,1H3,(H,25,29)(H,26,31). The van der Waals surface area contributed by atoms with Gasteiger partial charge in [-0.2, -0.15) is 0 Å². The molecule has 0 aromatic heterocycles. The Kier molecular flexibility index (Phi) is 5.61. The van der Waals surface area contributed by atoms with Crippen molar-refractivity contribution in [2.75, 3.05) is 11.9 Å². The predicted molar refractivity (Wildman–Crippen MR) is 120 cm³/mol. The summed E-state index contributed by atoms with van der Waals surface area (Å²) in [6, 6.07) is 21.1. The molecule has 3 aromatic rings. The van der Waals surface area contributed by atoms with Crippen molar-refractivity contribution in [1.82, 2.24) is 10.2 Å². The average Bonchev–Trinajstić information content (AvgIpc) is 3.07. The Morgan fingerprint density at radius 1 is 1.00 bits per heavy atom. The monoisotopic (exact) mass is 444 g/mol. The molecule has 4 amide bonds. The van der Waals surface area contributed by atoms with E-state index in [-0.39, 0.29) is 11.4 Å². The Morgan fingerprint density at radius 3 is 2.12 bits per heavy atom. The van der Waals surface area contributed by atoms with Crippen LogP contribution in [0.1, 0.15) is 16.7 Å². The first-order chi connectivity index (χ1) is 15.8. The molecule has 0 atom stereocenters. The number of hydrogen-bond acceptors (Lipinski definition) is 5. The minimum absolute atomic E-state index is 0.0139. The van der Waals surface area contributed by atoms with Crippen molar-refractivity contribution in [3.8, 4) is 0 Å². The van der Waals surface area contributed by atoms with Crippen LogP contribution in [0.3, 0.4) is 0 Å². The van der Waals surface area contributed by atoms with Crippen molar-refractivity contribution < 1.29 is 19.3 Å². The van der Waals surface area contributed by atoms with E-state index in [9.17, 15) is 24.5 Å². The second kappa shape index (κ2) is 8.54. The summed E-state index contributed by atoms with van der Waals surface area (Å²) in [6.45, 7) is 1.09. The van der Waals surface area contributed by atoms with Gasteiger partial charge in [-0.3, -0.25) is 24.6 Å². The molecule has 1 aliphatic rings. The number of carbonyl (C=O) groups excluding carboxylic acids is 3. The van der Waals surface area contributed by atoms with Gasteiger partial charge in [0.1, 0.15) is 12.2 Å². The average molecular weight is 444 g/mol. The number of imide groups is 1. The number of nitro groups is 1. The summed E-state index contributed by atoms with van der Waals surface area (Å²) in [5.74, 6) is -1.35. The lowest BCUT2D eigenvalue weighted by molar-refractivity contribution is -0.384. The van der Waals surface area contributed by atoms with E-state index in [2.05, 4.69) is 10.6 Å². The lowest BCUT2D eigenvalue weighted by atomic mass is 9.82. The molecule has 0 spiro atoms. The second-order valence-corrected chi connectivity index (χ2v) is 7.63. The van der Waals surface area contributed by atoms with Crippen LogP contribution >= 0.6 is 0 Å². The van der Waals surface area contributed by atoms with E-state index < -0.39 is 34.9 Å². The van der Waals surface area contributed by atoms with Crippen LogP contribution in [-0.2, 0) is 15.1 Å². The first-order valence-corrected chi connectivity index (χ1v) is 10.1. The number of nitrogens with one attached hydrogen (secondary N) is 2. The maximum Gasteiger partial charge on any atom is 0.326 e. The van der Waals surface area contributed by atoms with E-state index >= 15 is 0 Å². The number of carbonyl (C=O) groups is 3. The Hall–Kier alpha value is -4.53. The molecule has 1 aliphatic heterocycles. The van der Waals surface area contributed by atoms with E-state index in [0.29, 0.717) is 16.7 Å². The van der Waals surface area contributed by atoms with Gasteiger partial charge in [-0.15, -0.1) is 0 Å². The first-order valence-electron chi connectivity index (χ1n) is 10.1. The third kappa shape index (κ3) is 3.91. The predicted octanol–water partition coefficient (Wildman–Crippen LogP) is 3.34. The van der Waals surface area contributed by atoms with Crippen LogP contribution < -0.4 is 10.6 Å². The van der Waals surface area contributed by atoms with Gasteiger partial charge in [0.05, 0.1) is 4.92 Å². The van der Waals surface area contributed by atoms with Crippen molar-refractivity contribution in [1.29, 1.82) is 0 Å². The minimum Gasteiger partial charge on any atom is -0.319 e. The molecule has 1 heterocycles. The summed E-state index contributed by atoms with van der Waals surface area (Å²) in [5, 5.41) is 16.5. The fourth-order valence-corrected chi connectivity index (χ4v) is 3.89. The third-order valence-electron chi connectivity index (χ3n) is 5.44. The smallest absolute Gasteiger partial charge is 0.319 e. The SMILES string of the molecule is Cc1ccc(NC(=O)CN2C(=O)NC(c3ccccc3)(c3ccccc3)C2=O)c([N+](=O)[O-])c1. The van der Waals surface area contributed by atoms with Crippen molar-refractivity contribution in [3.63, 3.8) is 0 Å². The number of amides is 4. The van der Waals surface area contributed by atoms with E-state index in [1.54, 1.807) is 73.7 Å². The van der Waals surface area contributed by atoms with Gasteiger partial charge < -0.3 is 10.6 Å². The van der Waals surface area contributed by atoms with Crippen LogP contribution in [0.2, 0.25) is 0 Å². The Labute approximate surface area is 189 Å². The fourth-order valence-electron chi connectivity index (χ4n) is 3.89. The number of benzene rings is 3. The zero-order valence-corrected chi connectivity index (χ0v) is 17.6. The quantitative estimate of drug-likeness (QED) is 0.343. The molecule has 3 aromatic carbocycles. The lowest BCUT2D eigenvalue weighted by Crippen LogP contribution is -2.45. The van der Waals surface area contributed by atoms with Crippen molar-refractivity contribution in [2.45, 2.75) is 12.5 Å². The maximum absolute atomic E-state index is 13.6. The molecule has 2 N–H and O–H groups in total. The summed E-state index contributed by atoms with van der Waals surface area (Å²) in [5.41, 5.74) is -0.0264. The first kappa shape index (κ1) is 21.7. The van der Waals surface area contributed by atoms with E-state index in [4.69, 9.17) is 0 Å². The normalized spacial score (nSPS) is 14.6. The van der Waals surface area contributed by atoms with Crippen molar-refractivity contribution in [2.24, 2.45) is 0 Å². The summed E-state index contributed by atoms with van der Waals surface area (Å²) in [4.78, 5) is 50.7. The van der Waals surface area contributed by atoms with Crippen LogP contribution in [0.25, 0.3) is 0 Å². The highest BCUT2D eigenvalue weighted by Crippen LogP contribution is 2.36. The number of aryl methyl sites for hydroxylation is 1. The molecule has 33 heavy (non-hydrogen) atoms. The largest absolute Gasteiger partial charge is 0.326 e. The van der Waals surface area contributed by atoms with Crippen LogP contribution in [-0.4, -0.2) is 34.2 Å². The molecule has 0 saturated carbocycles. The zero-order chi connectivity index (χ0) is 23.6. The maximum atomic E-state index is 13.6.